The van der Waals surface area contributed by atoms with Crippen LogP contribution in [0.4, 0.5) is 0 Å². The van der Waals surface area contributed by atoms with Crippen LogP contribution < -0.4 is 0 Å². The molecule has 0 radical (unpaired) electrons. The summed E-state index contributed by atoms with van der Waals surface area (Å²) < 4.78 is 5.15. The van der Waals surface area contributed by atoms with Crippen molar-refractivity contribution in [2.75, 3.05) is 0 Å². The van der Waals surface area contributed by atoms with E-state index in [1.807, 2.05) is 6.07 Å². The first-order valence-electron chi connectivity index (χ1n) is 5.25. The zero-order valence-corrected chi connectivity index (χ0v) is 9.79. The quantitative estimate of drug-likeness (QED) is 0.413. The largest absolute Gasteiger partial charge is 0.451 e. The maximum absolute atomic E-state index is 11.5. The Bertz CT molecular complexity index is 399. The molecular formula is C12H15NO3. The van der Waals surface area contributed by atoms with Gasteiger partial charge in [-0.15, -0.1) is 0 Å². The van der Waals surface area contributed by atoms with Crippen molar-refractivity contribution in [1.29, 1.82) is 5.26 Å². The monoisotopic (exact) mass is 221 g/mol. The minimum atomic E-state index is -0.715. The van der Waals surface area contributed by atoms with Gasteiger partial charge in [-0.05, 0) is 39.2 Å². The summed E-state index contributed by atoms with van der Waals surface area (Å²) in [6, 6.07) is 2.04. The maximum Gasteiger partial charge on any atom is 0.342 e. The van der Waals surface area contributed by atoms with E-state index in [0.29, 0.717) is 19.3 Å². The van der Waals surface area contributed by atoms with Gasteiger partial charge in [0.15, 0.2) is 5.78 Å². The average Bonchev–Trinajstić information content (AvgIpc) is 2.36. The second-order valence-electron chi connectivity index (χ2n) is 4.32. The highest BCUT2D eigenvalue weighted by atomic mass is 16.6. The molecule has 0 atom stereocenters. The van der Waals surface area contributed by atoms with Crippen LogP contribution in [0.25, 0.3) is 0 Å². The molecule has 0 N–H and O–H groups in total. The molecule has 1 heterocycles. The molecule has 4 nitrogen and oxygen atoms in total. The van der Waals surface area contributed by atoms with E-state index in [9.17, 15) is 9.59 Å². The summed E-state index contributed by atoms with van der Waals surface area (Å²) in [5, 5.41) is 8.47. The van der Waals surface area contributed by atoms with Crippen LogP contribution in [0.15, 0.2) is 11.1 Å². The van der Waals surface area contributed by atoms with Gasteiger partial charge in [0.2, 0.25) is 0 Å². The number of ketones is 1. The molecule has 0 aromatic carbocycles. The number of nitriles is 1. The lowest BCUT2D eigenvalue weighted by Gasteiger charge is -2.20. The topological polar surface area (TPSA) is 67.2 Å². The Balaban J connectivity index is 2.99. The van der Waals surface area contributed by atoms with E-state index in [0.717, 1.165) is 5.57 Å². The summed E-state index contributed by atoms with van der Waals surface area (Å²) in [5.74, 6) is -0.799. The summed E-state index contributed by atoms with van der Waals surface area (Å²) in [5.41, 5.74) is 0.177. The number of nitrogens with zero attached hydrogens (tertiary/aromatic N) is 1. The number of esters is 1. The third-order valence-electron chi connectivity index (χ3n) is 2.65. The predicted molar refractivity (Wildman–Crippen MR) is 57.3 cm³/mol. The highest BCUT2D eigenvalue weighted by Crippen LogP contribution is 2.35. The summed E-state index contributed by atoms with van der Waals surface area (Å²) in [4.78, 5) is 22.9. The number of Topliss-reactive ketones (excluding diaryl/α,β-unsaturated/α-hetero) is 1. The Labute approximate surface area is 94.9 Å². The number of ether oxygens (including phenoxy) is 1. The van der Waals surface area contributed by atoms with E-state index in [1.54, 1.807) is 13.8 Å². The zero-order valence-electron chi connectivity index (χ0n) is 9.79. The minimum absolute atomic E-state index is 0.169. The second kappa shape index (κ2) is 4.48. The van der Waals surface area contributed by atoms with Crippen molar-refractivity contribution in [3.8, 4) is 6.07 Å². The lowest BCUT2D eigenvalue weighted by molar-refractivity contribution is -0.145. The molecule has 0 unspecified atom stereocenters. The molecule has 86 valence electrons. The fourth-order valence-electron chi connectivity index (χ4n) is 1.90. The molecule has 0 bridgehead atoms. The van der Waals surface area contributed by atoms with Gasteiger partial charge in [-0.25, -0.2) is 4.79 Å². The molecule has 0 aliphatic carbocycles. The van der Waals surface area contributed by atoms with E-state index in [1.165, 1.54) is 6.92 Å². The molecule has 0 fully saturated rings. The van der Waals surface area contributed by atoms with Crippen molar-refractivity contribution in [2.24, 2.45) is 0 Å². The molecule has 16 heavy (non-hydrogen) atoms. The fourth-order valence-corrected chi connectivity index (χ4v) is 1.90. The molecule has 1 aliphatic rings. The van der Waals surface area contributed by atoms with Gasteiger partial charge < -0.3 is 4.74 Å². The van der Waals surface area contributed by atoms with Gasteiger partial charge in [0.25, 0.3) is 0 Å². The molecule has 4 heteroatoms. The third-order valence-corrected chi connectivity index (χ3v) is 2.65. The van der Waals surface area contributed by atoms with E-state index in [4.69, 9.17) is 10.00 Å². The molecule has 1 aliphatic heterocycles. The molecule has 1 rings (SSSR count). The highest BCUT2D eigenvalue weighted by Gasteiger charge is 2.41. The molecule has 0 amide bonds. The van der Waals surface area contributed by atoms with E-state index in [-0.39, 0.29) is 11.4 Å². The van der Waals surface area contributed by atoms with Gasteiger partial charge in [-0.2, -0.15) is 5.26 Å². The first-order valence-corrected chi connectivity index (χ1v) is 5.25. The number of rotatable bonds is 4. The molecule has 0 aromatic heterocycles. The van der Waals surface area contributed by atoms with Gasteiger partial charge in [0, 0.05) is 6.42 Å². The predicted octanol–water partition coefficient (Wildman–Crippen LogP) is 1.90. The van der Waals surface area contributed by atoms with E-state index >= 15 is 0 Å². The molecule has 0 aromatic rings. The lowest BCUT2D eigenvalue weighted by atomic mass is 9.90. The molecule has 0 saturated heterocycles. The van der Waals surface area contributed by atoms with E-state index in [2.05, 4.69) is 0 Å². The average molecular weight is 221 g/mol. The smallest absolute Gasteiger partial charge is 0.342 e. The van der Waals surface area contributed by atoms with Crippen LogP contribution in [-0.2, 0) is 14.3 Å². The number of cyclic esters (lactones) is 1. The van der Waals surface area contributed by atoms with Crippen LogP contribution in [0.5, 0.6) is 0 Å². The van der Waals surface area contributed by atoms with Crippen molar-refractivity contribution < 1.29 is 14.3 Å². The number of unbranched alkanes of at least 4 members (excludes halogenated alkanes) is 1. The van der Waals surface area contributed by atoms with Crippen LogP contribution in [0, 0.1) is 11.3 Å². The Morgan fingerprint density at radius 1 is 1.50 bits per heavy atom. The van der Waals surface area contributed by atoms with Crippen molar-refractivity contribution >= 4 is 11.8 Å². The maximum atomic E-state index is 11.5. The zero-order chi connectivity index (χ0) is 12.3. The summed E-state index contributed by atoms with van der Waals surface area (Å²) >= 11 is 0. The number of hydrogen-bond donors (Lipinski definition) is 0. The van der Waals surface area contributed by atoms with E-state index < -0.39 is 11.6 Å². The summed E-state index contributed by atoms with van der Waals surface area (Å²) in [6.45, 7) is 4.90. The number of hydrogen-bond acceptors (Lipinski definition) is 4. The number of carbonyl (C=O) groups excluding carboxylic acids is 2. The Kier molecular flexibility index (Phi) is 3.48. The Hall–Kier alpha value is -1.63. The molecular weight excluding hydrogens is 206 g/mol. The van der Waals surface area contributed by atoms with Crippen LogP contribution >= 0.6 is 0 Å². The van der Waals surface area contributed by atoms with Gasteiger partial charge in [0.1, 0.15) is 11.2 Å². The number of carbonyl (C=O) groups is 2. The summed E-state index contributed by atoms with van der Waals surface area (Å²) in [6.07, 6.45) is 1.61. The van der Waals surface area contributed by atoms with Crippen molar-refractivity contribution in [2.45, 2.75) is 45.6 Å². The van der Waals surface area contributed by atoms with Crippen LogP contribution in [0.3, 0.4) is 0 Å². The van der Waals surface area contributed by atoms with Crippen molar-refractivity contribution in [1.82, 2.24) is 0 Å². The fraction of sp³-hybridized carbons (Fsp3) is 0.583. The van der Waals surface area contributed by atoms with Crippen LogP contribution in [0.2, 0.25) is 0 Å². The summed E-state index contributed by atoms with van der Waals surface area (Å²) in [7, 11) is 0. The SMILES string of the molecule is CC(=O)C1=C(CCCC#N)C(C)(C)OC1=O. The lowest BCUT2D eigenvalue weighted by Crippen LogP contribution is -2.23. The minimum Gasteiger partial charge on any atom is -0.451 e. The van der Waals surface area contributed by atoms with Crippen LogP contribution in [0.1, 0.15) is 40.0 Å². The highest BCUT2D eigenvalue weighted by molar-refractivity contribution is 6.18. The standard InChI is InChI=1S/C12H15NO3/c1-8(14)10-9(6-4-5-7-13)12(2,3)16-11(10)15/h4-6H2,1-3H3. The Morgan fingerprint density at radius 2 is 2.12 bits per heavy atom. The Morgan fingerprint density at radius 3 is 2.62 bits per heavy atom. The molecule has 0 spiro atoms. The third kappa shape index (κ3) is 2.30. The first-order chi connectivity index (χ1) is 7.40. The van der Waals surface area contributed by atoms with Crippen LogP contribution in [-0.4, -0.2) is 17.4 Å². The van der Waals surface area contributed by atoms with Gasteiger partial charge in [-0.3, -0.25) is 4.79 Å². The molecule has 0 saturated carbocycles. The second-order valence-corrected chi connectivity index (χ2v) is 4.32. The van der Waals surface area contributed by atoms with Gasteiger partial charge >= 0.3 is 5.97 Å². The normalized spacial score (nSPS) is 18.2. The van der Waals surface area contributed by atoms with Crippen molar-refractivity contribution in [3.63, 3.8) is 0 Å². The first kappa shape index (κ1) is 12.4. The van der Waals surface area contributed by atoms with Crippen molar-refractivity contribution in [3.05, 3.63) is 11.1 Å². The van der Waals surface area contributed by atoms with Gasteiger partial charge in [0.05, 0.1) is 6.07 Å². The van der Waals surface area contributed by atoms with Gasteiger partial charge in [-0.1, -0.05) is 0 Å².